The highest BCUT2D eigenvalue weighted by molar-refractivity contribution is 5.96. The number of benzene rings is 1. The number of hydrogen-bond donors (Lipinski definition) is 1. The van der Waals surface area contributed by atoms with Crippen molar-refractivity contribution in [1.29, 1.82) is 0 Å². The van der Waals surface area contributed by atoms with Gasteiger partial charge in [-0.05, 0) is 12.1 Å². The van der Waals surface area contributed by atoms with Crippen LogP contribution in [-0.2, 0) is 11.3 Å². The summed E-state index contributed by atoms with van der Waals surface area (Å²) in [4.78, 5) is 27.4. The molecule has 0 unspecified atom stereocenters. The van der Waals surface area contributed by atoms with Crippen LogP contribution in [0.1, 0.15) is 22.1 Å². The van der Waals surface area contributed by atoms with Crippen LogP contribution in [0.4, 0.5) is 0 Å². The molecule has 10 nitrogen and oxygen atoms in total. The molecule has 2 aromatic heterocycles. The number of aromatic nitrogens is 6. The van der Waals surface area contributed by atoms with Crippen LogP contribution < -0.4 is 5.32 Å². The van der Waals surface area contributed by atoms with Gasteiger partial charge in [0, 0.05) is 18.7 Å². The Morgan fingerprint density at radius 3 is 2.59 bits per heavy atom. The number of amides is 2. The first kappa shape index (κ1) is 16.9. The molecule has 1 fully saturated rings. The maximum absolute atomic E-state index is 12.2. The van der Waals surface area contributed by atoms with Gasteiger partial charge in [0.05, 0.1) is 31.2 Å². The largest absolute Gasteiger partial charge is 0.343 e. The molecule has 2 amide bonds. The van der Waals surface area contributed by atoms with Crippen molar-refractivity contribution in [2.24, 2.45) is 0 Å². The van der Waals surface area contributed by atoms with E-state index in [-0.39, 0.29) is 24.4 Å². The van der Waals surface area contributed by atoms with Gasteiger partial charge in [-0.3, -0.25) is 9.59 Å². The second-order valence-corrected chi connectivity index (χ2v) is 6.25. The SMILES string of the molecule is O=C(NCC(=O)N1CC(n2cc(Cn3nccn3)nn2)C1)c1ccccc1. The third-order valence-electron chi connectivity index (χ3n) is 4.35. The van der Waals surface area contributed by atoms with Crippen LogP contribution in [0.25, 0.3) is 0 Å². The van der Waals surface area contributed by atoms with Gasteiger partial charge < -0.3 is 10.2 Å². The van der Waals surface area contributed by atoms with Crippen molar-refractivity contribution in [3.63, 3.8) is 0 Å². The number of hydrogen-bond acceptors (Lipinski definition) is 6. The van der Waals surface area contributed by atoms with Crippen LogP contribution in [0.3, 0.4) is 0 Å². The van der Waals surface area contributed by atoms with Crippen LogP contribution in [0.15, 0.2) is 48.9 Å². The summed E-state index contributed by atoms with van der Waals surface area (Å²) >= 11 is 0. The Labute approximate surface area is 154 Å². The van der Waals surface area contributed by atoms with Gasteiger partial charge in [0.2, 0.25) is 5.91 Å². The summed E-state index contributed by atoms with van der Waals surface area (Å²) in [5.41, 5.74) is 1.29. The Hall–Kier alpha value is -3.56. The predicted octanol–water partition coefficient (Wildman–Crippen LogP) is -0.269. The Morgan fingerprint density at radius 2 is 1.85 bits per heavy atom. The third kappa shape index (κ3) is 3.84. The number of likely N-dealkylation sites (tertiary alicyclic amines) is 1. The normalized spacial score (nSPS) is 14.0. The molecule has 1 N–H and O–H groups in total. The quantitative estimate of drug-likeness (QED) is 0.643. The second-order valence-electron chi connectivity index (χ2n) is 6.25. The van der Waals surface area contributed by atoms with E-state index in [0.717, 1.165) is 5.69 Å². The van der Waals surface area contributed by atoms with Crippen LogP contribution in [0.5, 0.6) is 0 Å². The molecular weight excluding hydrogens is 348 g/mol. The van der Waals surface area contributed by atoms with E-state index in [9.17, 15) is 9.59 Å². The molecular formula is C17H18N8O2. The van der Waals surface area contributed by atoms with E-state index < -0.39 is 0 Å². The highest BCUT2D eigenvalue weighted by atomic mass is 16.2. The smallest absolute Gasteiger partial charge is 0.251 e. The molecule has 4 rings (SSSR count). The lowest BCUT2D eigenvalue weighted by Gasteiger charge is -2.38. The Balaban J connectivity index is 1.24. The maximum atomic E-state index is 12.2. The van der Waals surface area contributed by atoms with Gasteiger partial charge >= 0.3 is 0 Å². The van der Waals surface area contributed by atoms with Crippen LogP contribution in [0.2, 0.25) is 0 Å². The highest BCUT2D eigenvalue weighted by Crippen LogP contribution is 2.20. The topological polar surface area (TPSA) is 111 Å². The maximum Gasteiger partial charge on any atom is 0.251 e. The first-order chi connectivity index (χ1) is 13.2. The van der Waals surface area contributed by atoms with Gasteiger partial charge in [0.15, 0.2) is 0 Å². The van der Waals surface area contributed by atoms with Crippen molar-refractivity contribution in [3.05, 3.63) is 60.2 Å². The molecule has 0 atom stereocenters. The molecule has 10 heteroatoms. The van der Waals surface area contributed by atoms with Crippen molar-refractivity contribution >= 4 is 11.8 Å². The summed E-state index contributed by atoms with van der Waals surface area (Å²) in [6, 6.07) is 8.91. The Bertz CT molecular complexity index is 916. The second kappa shape index (κ2) is 7.36. The van der Waals surface area contributed by atoms with Crippen molar-refractivity contribution in [3.8, 4) is 0 Å². The minimum atomic E-state index is -0.255. The first-order valence-corrected chi connectivity index (χ1v) is 8.55. The van der Waals surface area contributed by atoms with Gasteiger partial charge in [0.1, 0.15) is 12.2 Å². The summed E-state index contributed by atoms with van der Waals surface area (Å²) in [6.07, 6.45) is 5.06. The van der Waals surface area contributed by atoms with E-state index in [4.69, 9.17) is 0 Å². The average Bonchev–Trinajstić information content (AvgIpc) is 3.32. The Kier molecular flexibility index (Phi) is 4.60. The molecule has 3 aromatic rings. The lowest BCUT2D eigenvalue weighted by atomic mass is 10.1. The van der Waals surface area contributed by atoms with Gasteiger partial charge in [-0.15, -0.1) is 5.10 Å². The van der Waals surface area contributed by atoms with Gasteiger partial charge in [-0.2, -0.15) is 15.0 Å². The lowest BCUT2D eigenvalue weighted by molar-refractivity contribution is -0.136. The predicted molar refractivity (Wildman–Crippen MR) is 93.5 cm³/mol. The van der Waals surface area contributed by atoms with Gasteiger partial charge in [-0.1, -0.05) is 23.4 Å². The van der Waals surface area contributed by atoms with Crippen LogP contribution in [-0.4, -0.2) is 66.3 Å². The minimum absolute atomic E-state index is 0.0198. The standard InChI is InChI=1S/C17H18N8O2/c26-16(8-18-17(27)13-4-2-1-3-5-13)23-11-15(12-23)24-9-14(21-22-24)10-25-19-6-7-20-25/h1-7,9,15H,8,10-12H2,(H,18,27). The zero-order chi connectivity index (χ0) is 18.6. The number of rotatable bonds is 6. The zero-order valence-electron chi connectivity index (χ0n) is 14.5. The van der Waals surface area contributed by atoms with Crippen molar-refractivity contribution < 1.29 is 9.59 Å². The molecule has 0 radical (unpaired) electrons. The number of nitrogens with zero attached hydrogens (tertiary/aromatic N) is 7. The number of nitrogens with one attached hydrogen (secondary N) is 1. The Morgan fingerprint density at radius 1 is 1.11 bits per heavy atom. The minimum Gasteiger partial charge on any atom is -0.343 e. The number of carbonyl (C=O) groups is 2. The molecule has 3 heterocycles. The van der Waals surface area contributed by atoms with E-state index in [1.807, 2.05) is 12.3 Å². The molecule has 138 valence electrons. The summed E-state index contributed by atoms with van der Waals surface area (Å²) < 4.78 is 1.76. The van der Waals surface area contributed by atoms with Crippen molar-refractivity contribution in [1.82, 2.24) is 40.2 Å². The molecule has 0 bridgehead atoms. The summed E-state index contributed by atoms with van der Waals surface area (Å²) in [6.45, 7) is 1.52. The van der Waals surface area contributed by atoms with Gasteiger partial charge in [-0.25, -0.2) is 4.68 Å². The van der Waals surface area contributed by atoms with E-state index in [1.165, 1.54) is 4.80 Å². The molecule has 1 saturated heterocycles. The highest BCUT2D eigenvalue weighted by Gasteiger charge is 2.32. The molecule has 0 spiro atoms. The fourth-order valence-electron chi connectivity index (χ4n) is 2.82. The molecule has 1 aliphatic heterocycles. The monoisotopic (exact) mass is 366 g/mol. The summed E-state index contributed by atoms with van der Waals surface area (Å²) in [5.74, 6) is -0.370. The van der Waals surface area contributed by atoms with E-state index >= 15 is 0 Å². The van der Waals surface area contributed by atoms with Crippen LogP contribution >= 0.6 is 0 Å². The molecule has 27 heavy (non-hydrogen) atoms. The number of carbonyl (C=O) groups excluding carboxylic acids is 2. The fourth-order valence-corrected chi connectivity index (χ4v) is 2.82. The molecule has 0 saturated carbocycles. The van der Waals surface area contributed by atoms with Crippen molar-refractivity contribution in [2.75, 3.05) is 19.6 Å². The molecule has 0 aliphatic carbocycles. The zero-order valence-corrected chi connectivity index (χ0v) is 14.5. The lowest BCUT2D eigenvalue weighted by Crippen LogP contribution is -2.53. The van der Waals surface area contributed by atoms with Gasteiger partial charge in [0.25, 0.3) is 5.91 Å². The van der Waals surface area contributed by atoms with Crippen LogP contribution in [0, 0.1) is 0 Å². The first-order valence-electron chi connectivity index (χ1n) is 8.55. The van der Waals surface area contributed by atoms with E-state index in [2.05, 4.69) is 25.8 Å². The molecule has 1 aromatic carbocycles. The van der Waals surface area contributed by atoms with Crippen molar-refractivity contribution in [2.45, 2.75) is 12.6 Å². The molecule has 1 aliphatic rings. The third-order valence-corrected chi connectivity index (χ3v) is 4.35. The average molecular weight is 366 g/mol. The summed E-state index contributed by atoms with van der Waals surface area (Å²) in [7, 11) is 0. The fraction of sp³-hybridized carbons (Fsp3) is 0.294. The van der Waals surface area contributed by atoms with E-state index in [0.29, 0.717) is 25.2 Å². The van der Waals surface area contributed by atoms with E-state index in [1.54, 1.807) is 46.2 Å². The summed E-state index contributed by atoms with van der Waals surface area (Å²) in [5, 5.41) is 18.9.